The molecular formula is C11H22N2O. The maximum absolute atomic E-state index is 11.4. The molecule has 0 spiro atoms. The van der Waals surface area contributed by atoms with Crippen LogP contribution in [0.25, 0.3) is 0 Å². The van der Waals surface area contributed by atoms with Gasteiger partial charge in [-0.25, -0.2) is 0 Å². The maximum Gasteiger partial charge on any atom is 0.234 e. The molecule has 1 amide bonds. The van der Waals surface area contributed by atoms with Crippen LogP contribution < -0.4 is 10.6 Å². The summed E-state index contributed by atoms with van der Waals surface area (Å²) >= 11 is 0. The van der Waals surface area contributed by atoms with E-state index < -0.39 is 0 Å². The average molecular weight is 198 g/mol. The molecule has 1 fully saturated rings. The summed E-state index contributed by atoms with van der Waals surface area (Å²) in [7, 11) is 0. The molecule has 1 saturated carbocycles. The Bertz CT molecular complexity index is 197. The van der Waals surface area contributed by atoms with E-state index in [1.807, 2.05) is 13.8 Å². The minimum absolute atomic E-state index is 0.0711. The number of carbonyl (C=O) groups excluding carboxylic acids is 1. The van der Waals surface area contributed by atoms with Crippen molar-refractivity contribution < 1.29 is 4.79 Å². The van der Waals surface area contributed by atoms with E-state index in [0.717, 1.165) is 18.9 Å². The highest BCUT2D eigenvalue weighted by atomic mass is 16.2. The van der Waals surface area contributed by atoms with Gasteiger partial charge in [0.05, 0.1) is 6.54 Å². The summed E-state index contributed by atoms with van der Waals surface area (Å²) in [6.07, 6.45) is 3.62. The van der Waals surface area contributed by atoms with E-state index in [4.69, 9.17) is 0 Å². The van der Waals surface area contributed by atoms with Crippen LogP contribution in [0.2, 0.25) is 0 Å². The Morgan fingerprint density at radius 3 is 2.57 bits per heavy atom. The zero-order valence-corrected chi connectivity index (χ0v) is 9.52. The third-order valence-corrected chi connectivity index (χ3v) is 2.78. The van der Waals surface area contributed by atoms with E-state index in [-0.39, 0.29) is 11.4 Å². The Morgan fingerprint density at radius 1 is 1.43 bits per heavy atom. The van der Waals surface area contributed by atoms with Crippen molar-refractivity contribution in [3.05, 3.63) is 0 Å². The first-order valence-corrected chi connectivity index (χ1v) is 5.55. The van der Waals surface area contributed by atoms with E-state index >= 15 is 0 Å². The highest BCUT2D eigenvalue weighted by molar-refractivity contribution is 5.78. The van der Waals surface area contributed by atoms with Crippen LogP contribution in [0.4, 0.5) is 0 Å². The van der Waals surface area contributed by atoms with Gasteiger partial charge in [-0.2, -0.15) is 0 Å². The Hall–Kier alpha value is -0.570. The van der Waals surface area contributed by atoms with Crippen molar-refractivity contribution in [2.75, 3.05) is 13.1 Å². The fraction of sp³-hybridized carbons (Fsp3) is 0.909. The van der Waals surface area contributed by atoms with Crippen molar-refractivity contribution in [3.8, 4) is 0 Å². The lowest BCUT2D eigenvalue weighted by molar-refractivity contribution is -0.121. The Morgan fingerprint density at radius 2 is 2.07 bits per heavy atom. The predicted molar refractivity (Wildman–Crippen MR) is 58.1 cm³/mol. The molecule has 0 atom stereocenters. The highest BCUT2D eigenvalue weighted by Gasteiger charge is 2.21. The van der Waals surface area contributed by atoms with Gasteiger partial charge in [0, 0.05) is 5.54 Å². The first-order chi connectivity index (χ1) is 6.53. The summed E-state index contributed by atoms with van der Waals surface area (Å²) in [6, 6.07) is 0. The van der Waals surface area contributed by atoms with Crippen molar-refractivity contribution >= 4 is 5.91 Å². The third kappa shape index (κ3) is 4.61. The van der Waals surface area contributed by atoms with Crippen molar-refractivity contribution in [3.63, 3.8) is 0 Å². The van der Waals surface area contributed by atoms with Gasteiger partial charge >= 0.3 is 0 Å². The van der Waals surface area contributed by atoms with Crippen molar-refractivity contribution in [2.24, 2.45) is 5.92 Å². The van der Waals surface area contributed by atoms with Crippen LogP contribution in [0, 0.1) is 5.92 Å². The Labute approximate surface area is 86.6 Å². The number of nitrogens with one attached hydrogen (secondary N) is 2. The van der Waals surface area contributed by atoms with Gasteiger partial charge in [-0.1, -0.05) is 6.92 Å². The second-order valence-electron chi connectivity index (χ2n) is 4.86. The molecule has 1 rings (SSSR count). The molecule has 3 heteroatoms. The minimum Gasteiger partial charge on any atom is -0.350 e. The summed E-state index contributed by atoms with van der Waals surface area (Å²) in [6.45, 7) is 7.63. The monoisotopic (exact) mass is 198 g/mol. The van der Waals surface area contributed by atoms with Crippen molar-refractivity contribution in [1.82, 2.24) is 10.6 Å². The van der Waals surface area contributed by atoms with Gasteiger partial charge in [0.1, 0.15) is 0 Å². The molecule has 0 aliphatic heterocycles. The summed E-state index contributed by atoms with van der Waals surface area (Å²) in [5.41, 5.74) is -0.0711. The largest absolute Gasteiger partial charge is 0.350 e. The summed E-state index contributed by atoms with van der Waals surface area (Å²) in [5.74, 6) is 0.944. The van der Waals surface area contributed by atoms with Crippen LogP contribution in [-0.4, -0.2) is 24.5 Å². The Balaban J connectivity index is 2.07. The smallest absolute Gasteiger partial charge is 0.234 e. The van der Waals surface area contributed by atoms with Gasteiger partial charge in [0.2, 0.25) is 5.91 Å². The van der Waals surface area contributed by atoms with Crippen LogP contribution in [-0.2, 0) is 4.79 Å². The summed E-state index contributed by atoms with van der Waals surface area (Å²) in [4.78, 5) is 11.4. The van der Waals surface area contributed by atoms with Gasteiger partial charge in [-0.15, -0.1) is 0 Å². The second kappa shape index (κ2) is 4.78. The van der Waals surface area contributed by atoms with Crippen molar-refractivity contribution in [2.45, 2.75) is 45.6 Å². The molecule has 0 bridgehead atoms. The topological polar surface area (TPSA) is 41.1 Å². The Kier molecular flexibility index (Phi) is 3.93. The number of rotatable bonds is 6. The molecule has 0 aromatic rings. The minimum atomic E-state index is -0.0711. The molecule has 14 heavy (non-hydrogen) atoms. The fourth-order valence-electron chi connectivity index (χ4n) is 1.22. The number of hydrogen-bond donors (Lipinski definition) is 2. The standard InChI is InChI=1S/C11H22N2O/c1-4-11(2,3)13-10(14)8-12-7-9-5-6-9/h9,12H,4-8H2,1-3H3,(H,13,14). The van der Waals surface area contributed by atoms with E-state index in [0.29, 0.717) is 6.54 Å². The normalized spacial score (nSPS) is 16.8. The third-order valence-electron chi connectivity index (χ3n) is 2.78. The lowest BCUT2D eigenvalue weighted by Gasteiger charge is -2.24. The van der Waals surface area contributed by atoms with Gasteiger partial charge in [0.25, 0.3) is 0 Å². The lowest BCUT2D eigenvalue weighted by Crippen LogP contribution is -2.46. The molecular weight excluding hydrogens is 176 g/mol. The van der Waals surface area contributed by atoms with Crippen LogP contribution in [0.1, 0.15) is 40.0 Å². The molecule has 0 unspecified atom stereocenters. The number of carbonyl (C=O) groups is 1. The molecule has 0 aromatic heterocycles. The van der Waals surface area contributed by atoms with Gasteiger partial charge in [-0.05, 0) is 45.6 Å². The van der Waals surface area contributed by atoms with Crippen LogP contribution >= 0.6 is 0 Å². The lowest BCUT2D eigenvalue weighted by atomic mass is 10.0. The predicted octanol–water partition coefficient (Wildman–Crippen LogP) is 1.29. The average Bonchev–Trinajstić information content (AvgIpc) is 2.87. The quantitative estimate of drug-likeness (QED) is 0.675. The molecule has 0 radical (unpaired) electrons. The van der Waals surface area contributed by atoms with Crippen LogP contribution in [0.15, 0.2) is 0 Å². The molecule has 3 nitrogen and oxygen atoms in total. The molecule has 0 heterocycles. The molecule has 2 N–H and O–H groups in total. The van der Waals surface area contributed by atoms with E-state index in [9.17, 15) is 4.79 Å². The maximum atomic E-state index is 11.4. The van der Waals surface area contributed by atoms with Gasteiger partial charge in [-0.3, -0.25) is 4.79 Å². The van der Waals surface area contributed by atoms with Crippen molar-refractivity contribution in [1.29, 1.82) is 0 Å². The summed E-state index contributed by atoms with van der Waals surface area (Å²) < 4.78 is 0. The van der Waals surface area contributed by atoms with E-state index in [2.05, 4.69) is 17.6 Å². The van der Waals surface area contributed by atoms with Crippen LogP contribution in [0.3, 0.4) is 0 Å². The zero-order chi connectivity index (χ0) is 10.6. The van der Waals surface area contributed by atoms with Crippen LogP contribution in [0.5, 0.6) is 0 Å². The van der Waals surface area contributed by atoms with E-state index in [1.54, 1.807) is 0 Å². The first kappa shape index (κ1) is 11.5. The number of hydrogen-bond acceptors (Lipinski definition) is 2. The van der Waals surface area contributed by atoms with E-state index in [1.165, 1.54) is 12.8 Å². The van der Waals surface area contributed by atoms with Gasteiger partial charge < -0.3 is 10.6 Å². The summed E-state index contributed by atoms with van der Waals surface area (Å²) in [5, 5.41) is 6.18. The molecule has 0 saturated heterocycles. The number of amides is 1. The SMILES string of the molecule is CCC(C)(C)NC(=O)CNCC1CC1. The molecule has 0 aromatic carbocycles. The molecule has 82 valence electrons. The van der Waals surface area contributed by atoms with Gasteiger partial charge in [0.15, 0.2) is 0 Å². The highest BCUT2D eigenvalue weighted by Crippen LogP contribution is 2.27. The molecule has 1 aliphatic carbocycles. The first-order valence-electron chi connectivity index (χ1n) is 5.55. The zero-order valence-electron chi connectivity index (χ0n) is 9.52. The fourth-order valence-corrected chi connectivity index (χ4v) is 1.22. The second-order valence-corrected chi connectivity index (χ2v) is 4.86. The molecule has 1 aliphatic rings.